The minimum atomic E-state index is -0.551. The molecule has 1 aliphatic carbocycles. The topological polar surface area (TPSA) is 85.2 Å². The Bertz CT molecular complexity index is 326. The minimum absolute atomic E-state index is 0.164. The summed E-state index contributed by atoms with van der Waals surface area (Å²) < 4.78 is 5.02. The molecule has 0 amide bonds. The smallest absolute Gasteiger partial charge is 0.245 e. The van der Waals surface area contributed by atoms with Crippen LogP contribution in [0.4, 0.5) is 0 Å². The number of hydrogen-bond donors (Lipinski definition) is 2. The second kappa shape index (κ2) is 4.28. The highest BCUT2D eigenvalue weighted by atomic mass is 16.5. The Morgan fingerprint density at radius 3 is 3.00 bits per heavy atom. The Labute approximate surface area is 88.7 Å². The molecule has 0 aliphatic heterocycles. The third-order valence-electron chi connectivity index (χ3n) is 3.03. The number of hydrogen-bond acceptors (Lipinski definition) is 5. The number of rotatable bonds is 3. The van der Waals surface area contributed by atoms with Gasteiger partial charge in [-0.3, -0.25) is 0 Å². The zero-order valence-electron chi connectivity index (χ0n) is 8.89. The van der Waals surface area contributed by atoms with Crippen molar-refractivity contribution in [3.63, 3.8) is 0 Å². The molecule has 1 aromatic heterocycles. The first kappa shape index (κ1) is 10.6. The van der Waals surface area contributed by atoms with E-state index in [1.807, 2.05) is 0 Å². The fourth-order valence-electron chi connectivity index (χ4n) is 2.08. The van der Waals surface area contributed by atoms with Crippen LogP contribution in [-0.2, 0) is 0 Å². The van der Waals surface area contributed by atoms with Crippen molar-refractivity contribution in [3.05, 3.63) is 11.7 Å². The Morgan fingerprint density at radius 1 is 1.60 bits per heavy atom. The predicted molar refractivity (Wildman–Crippen MR) is 54.1 cm³/mol. The first-order chi connectivity index (χ1) is 7.20. The number of nitrogens with two attached hydrogens (primary N) is 1. The molecule has 3 atom stereocenters. The summed E-state index contributed by atoms with van der Waals surface area (Å²) in [6, 6.07) is -0.551. The van der Waals surface area contributed by atoms with Crippen molar-refractivity contribution in [3.8, 4) is 0 Å². The molecule has 1 aromatic rings. The van der Waals surface area contributed by atoms with Gasteiger partial charge in [0, 0.05) is 5.92 Å². The molecule has 15 heavy (non-hydrogen) atoms. The standard InChI is InChI=1S/C10H17N3O2/c1-6-2-3-7(4-6)9-12-10(15-13-9)8(11)5-14/h6-8,14H,2-5,11H2,1H3/t6?,7?,8-/m0/s1. The van der Waals surface area contributed by atoms with Crippen LogP contribution in [0.3, 0.4) is 0 Å². The third kappa shape index (κ3) is 2.18. The van der Waals surface area contributed by atoms with E-state index < -0.39 is 6.04 Å². The van der Waals surface area contributed by atoms with Crippen LogP contribution in [0.1, 0.15) is 49.9 Å². The summed E-state index contributed by atoms with van der Waals surface area (Å²) in [5.41, 5.74) is 5.59. The van der Waals surface area contributed by atoms with Crippen LogP contribution in [0.25, 0.3) is 0 Å². The van der Waals surface area contributed by atoms with Gasteiger partial charge in [-0.25, -0.2) is 0 Å². The van der Waals surface area contributed by atoms with Crippen LogP contribution >= 0.6 is 0 Å². The molecule has 0 bridgehead atoms. The molecule has 2 rings (SSSR count). The van der Waals surface area contributed by atoms with E-state index in [1.54, 1.807) is 0 Å². The van der Waals surface area contributed by atoms with Gasteiger partial charge in [0.25, 0.3) is 0 Å². The number of aromatic nitrogens is 2. The van der Waals surface area contributed by atoms with Crippen LogP contribution < -0.4 is 5.73 Å². The number of nitrogens with zero attached hydrogens (tertiary/aromatic N) is 2. The van der Waals surface area contributed by atoms with Gasteiger partial charge >= 0.3 is 0 Å². The summed E-state index contributed by atoms with van der Waals surface area (Å²) in [6.45, 7) is 2.07. The Hall–Kier alpha value is -0.940. The summed E-state index contributed by atoms with van der Waals surface area (Å²) in [7, 11) is 0. The van der Waals surface area contributed by atoms with E-state index >= 15 is 0 Å². The van der Waals surface area contributed by atoms with Gasteiger partial charge in [-0.2, -0.15) is 4.98 Å². The summed E-state index contributed by atoms with van der Waals surface area (Å²) in [5, 5.41) is 12.8. The van der Waals surface area contributed by atoms with E-state index in [-0.39, 0.29) is 6.61 Å². The fourth-order valence-corrected chi connectivity index (χ4v) is 2.08. The SMILES string of the molecule is CC1CCC(c2noc([C@@H](N)CO)n2)C1. The first-order valence-electron chi connectivity index (χ1n) is 5.40. The molecule has 5 heteroatoms. The first-order valence-corrected chi connectivity index (χ1v) is 5.40. The van der Waals surface area contributed by atoms with Gasteiger partial charge in [0.05, 0.1) is 6.61 Å². The highest BCUT2D eigenvalue weighted by molar-refractivity contribution is 5.00. The summed E-state index contributed by atoms with van der Waals surface area (Å²) in [4.78, 5) is 4.23. The molecular formula is C10H17N3O2. The largest absolute Gasteiger partial charge is 0.394 e. The molecule has 0 saturated heterocycles. The number of aliphatic hydroxyl groups excluding tert-OH is 1. The van der Waals surface area contributed by atoms with Crippen molar-refractivity contribution in [2.24, 2.45) is 11.7 Å². The quantitative estimate of drug-likeness (QED) is 0.778. The van der Waals surface area contributed by atoms with Crippen molar-refractivity contribution in [1.82, 2.24) is 10.1 Å². The molecule has 3 N–H and O–H groups in total. The highest BCUT2D eigenvalue weighted by Crippen LogP contribution is 2.36. The summed E-state index contributed by atoms with van der Waals surface area (Å²) >= 11 is 0. The van der Waals surface area contributed by atoms with E-state index in [9.17, 15) is 0 Å². The average Bonchev–Trinajstić information content (AvgIpc) is 2.84. The van der Waals surface area contributed by atoms with Gasteiger partial charge in [0.1, 0.15) is 6.04 Å². The molecule has 0 spiro atoms. The second-order valence-electron chi connectivity index (χ2n) is 4.40. The van der Waals surface area contributed by atoms with Crippen molar-refractivity contribution < 1.29 is 9.63 Å². The summed E-state index contributed by atoms with van der Waals surface area (Å²) in [5.74, 6) is 2.23. The third-order valence-corrected chi connectivity index (χ3v) is 3.03. The van der Waals surface area contributed by atoms with Crippen LogP contribution in [0, 0.1) is 5.92 Å². The zero-order valence-corrected chi connectivity index (χ0v) is 8.89. The summed E-state index contributed by atoms with van der Waals surface area (Å²) in [6.07, 6.45) is 3.46. The maximum Gasteiger partial charge on any atom is 0.245 e. The molecule has 0 aromatic carbocycles. The van der Waals surface area contributed by atoms with Crippen molar-refractivity contribution in [2.45, 2.75) is 38.1 Å². The lowest BCUT2D eigenvalue weighted by Gasteiger charge is -2.02. The lowest BCUT2D eigenvalue weighted by molar-refractivity contribution is 0.236. The Kier molecular flexibility index (Phi) is 3.02. The highest BCUT2D eigenvalue weighted by Gasteiger charge is 2.27. The van der Waals surface area contributed by atoms with Crippen LogP contribution in [0.2, 0.25) is 0 Å². The average molecular weight is 211 g/mol. The molecular weight excluding hydrogens is 194 g/mol. The van der Waals surface area contributed by atoms with Crippen LogP contribution in [-0.4, -0.2) is 21.9 Å². The van der Waals surface area contributed by atoms with Crippen molar-refractivity contribution in [1.29, 1.82) is 0 Å². The molecule has 1 fully saturated rings. The van der Waals surface area contributed by atoms with Gasteiger partial charge in [-0.1, -0.05) is 12.1 Å². The predicted octanol–water partition coefficient (Wildman–Crippen LogP) is 0.965. The second-order valence-corrected chi connectivity index (χ2v) is 4.40. The lowest BCUT2D eigenvalue weighted by Crippen LogP contribution is -2.14. The van der Waals surface area contributed by atoms with Gasteiger partial charge in [-0.15, -0.1) is 0 Å². The minimum Gasteiger partial charge on any atom is -0.394 e. The molecule has 84 valence electrons. The fraction of sp³-hybridized carbons (Fsp3) is 0.800. The Morgan fingerprint density at radius 2 is 2.40 bits per heavy atom. The van der Waals surface area contributed by atoms with E-state index in [2.05, 4.69) is 17.1 Å². The normalized spacial score (nSPS) is 28.2. The molecule has 5 nitrogen and oxygen atoms in total. The Balaban J connectivity index is 2.07. The van der Waals surface area contributed by atoms with Crippen LogP contribution in [0.5, 0.6) is 0 Å². The van der Waals surface area contributed by atoms with Gasteiger partial charge < -0.3 is 15.4 Å². The number of aliphatic hydroxyl groups is 1. The monoisotopic (exact) mass is 211 g/mol. The van der Waals surface area contributed by atoms with Crippen molar-refractivity contribution >= 4 is 0 Å². The lowest BCUT2D eigenvalue weighted by atomic mass is 10.1. The van der Waals surface area contributed by atoms with Gasteiger partial charge in [0.2, 0.25) is 5.89 Å². The maximum atomic E-state index is 8.85. The van der Waals surface area contributed by atoms with E-state index in [0.29, 0.717) is 11.8 Å². The molecule has 0 radical (unpaired) electrons. The molecule has 2 unspecified atom stereocenters. The molecule has 1 saturated carbocycles. The van der Waals surface area contributed by atoms with Crippen LogP contribution in [0.15, 0.2) is 4.52 Å². The van der Waals surface area contributed by atoms with E-state index in [0.717, 1.165) is 24.6 Å². The van der Waals surface area contributed by atoms with E-state index in [1.165, 1.54) is 6.42 Å². The van der Waals surface area contributed by atoms with Gasteiger partial charge in [-0.05, 0) is 25.2 Å². The maximum absolute atomic E-state index is 8.85. The van der Waals surface area contributed by atoms with Gasteiger partial charge in [0.15, 0.2) is 5.82 Å². The van der Waals surface area contributed by atoms with Crippen molar-refractivity contribution in [2.75, 3.05) is 6.61 Å². The molecule has 1 heterocycles. The van der Waals surface area contributed by atoms with E-state index in [4.69, 9.17) is 15.4 Å². The zero-order chi connectivity index (χ0) is 10.8. The molecule has 1 aliphatic rings.